The fraction of sp³-hybridized carbons (Fsp3) is 0.643. The zero-order valence-corrected chi connectivity index (χ0v) is 10.7. The highest BCUT2D eigenvalue weighted by Crippen LogP contribution is 2.20. The number of halogens is 1. The van der Waals surface area contributed by atoms with Gasteiger partial charge in [0.1, 0.15) is 0 Å². The molecule has 3 nitrogen and oxygen atoms in total. The molecule has 1 fully saturated rings. The molecule has 0 atom stereocenters. The molecule has 1 heterocycles. The van der Waals surface area contributed by atoms with Gasteiger partial charge in [0, 0.05) is 19.3 Å². The van der Waals surface area contributed by atoms with E-state index in [0.717, 1.165) is 19.6 Å². The molecule has 100 valence electrons. The molecule has 1 saturated carbocycles. The summed E-state index contributed by atoms with van der Waals surface area (Å²) in [4.78, 5) is 3.71. The number of nitrogens with one attached hydrogen (secondary N) is 1. The quantitative estimate of drug-likeness (QED) is 0.788. The molecular weight excluding hydrogens is 231 g/mol. The van der Waals surface area contributed by atoms with Gasteiger partial charge in [0.25, 0.3) is 0 Å². The SMILES string of the molecule is Fc1cnccc1NCCCOC1CCCCC1. The molecule has 4 heteroatoms. The van der Waals surface area contributed by atoms with Crippen molar-refractivity contribution in [2.75, 3.05) is 18.5 Å². The molecule has 0 spiro atoms. The van der Waals surface area contributed by atoms with E-state index in [1.165, 1.54) is 38.3 Å². The zero-order chi connectivity index (χ0) is 12.6. The van der Waals surface area contributed by atoms with E-state index in [1.54, 1.807) is 12.3 Å². The minimum absolute atomic E-state index is 0.300. The van der Waals surface area contributed by atoms with Crippen LogP contribution in [0, 0.1) is 5.82 Å². The lowest BCUT2D eigenvalue weighted by atomic mass is 9.98. The molecule has 1 aromatic heterocycles. The first-order chi connectivity index (χ1) is 8.86. The Morgan fingerprint density at radius 3 is 2.94 bits per heavy atom. The van der Waals surface area contributed by atoms with Crippen molar-refractivity contribution < 1.29 is 9.13 Å². The summed E-state index contributed by atoms with van der Waals surface area (Å²) in [6.07, 6.45) is 10.5. The fourth-order valence-electron chi connectivity index (χ4n) is 2.30. The third kappa shape index (κ3) is 4.26. The summed E-state index contributed by atoms with van der Waals surface area (Å²) in [7, 11) is 0. The number of hydrogen-bond donors (Lipinski definition) is 1. The largest absolute Gasteiger partial charge is 0.383 e. The molecule has 2 rings (SSSR count). The Morgan fingerprint density at radius 2 is 2.17 bits per heavy atom. The molecule has 0 amide bonds. The van der Waals surface area contributed by atoms with Crippen molar-refractivity contribution >= 4 is 5.69 Å². The zero-order valence-electron chi connectivity index (χ0n) is 10.7. The van der Waals surface area contributed by atoms with Crippen LogP contribution in [0.5, 0.6) is 0 Å². The van der Waals surface area contributed by atoms with Crippen molar-refractivity contribution in [2.24, 2.45) is 0 Å². The number of rotatable bonds is 6. The van der Waals surface area contributed by atoms with Gasteiger partial charge < -0.3 is 10.1 Å². The van der Waals surface area contributed by atoms with Crippen LogP contribution in [0.2, 0.25) is 0 Å². The Balaban J connectivity index is 1.57. The van der Waals surface area contributed by atoms with E-state index in [-0.39, 0.29) is 5.82 Å². The Bertz CT molecular complexity index is 353. The van der Waals surface area contributed by atoms with Crippen LogP contribution in [0.15, 0.2) is 18.5 Å². The Kier molecular flexibility index (Phi) is 5.39. The summed E-state index contributed by atoms with van der Waals surface area (Å²) in [6, 6.07) is 1.65. The van der Waals surface area contributed by atoms with Crippen LogP contribution < -0.4 is 5.32 Å². The first-order valence-electron chi connectivity index (χ1n) is 6.81. The average molecular weight is 252 g/mol. The van der Waals surface area contributed by atoms with Gasteiger partial charge >= 0.3 is 0 Å². The van der Waals surface area contributed by atoms with Crippen LogP contribution in [0.4, 0.5) is 10.1 Å². The molecule has 0 bridgehead atoms. The summed E-state index contributed by atoms with van der Waals surface area (Å²) in [5, 5.41) is 3.06. The van der Waals surface area contributed by atoms with E-state index in [1.807, 2.05) is 0 Å². The van der Waals surface area contributed by atoms with Crippen molar-refractivity contribution in [1.29, 1.82) is 0 Å². The van der Waals surface area contributed by atoms with Crippen molar-refractivity contribution in [1.82, 2.24) is 4.98 Å². The lowest BCUT2D eigenvalue weighted by Crippen LogP contribution is -2.18. The maximum Gasteiger partial charge on any atom is 0.164 e. The molecule has 1 aromatic rings. The number of aromatic nitrogens is 1. The second kappa shape index (κ2) is 7.31. The highest BCUT2D eigenvalue weighted by atomic mass is 19.1. The van der Waals surface area contributed by atoms with Crippen LogP contribution in [0.1, 0.15) is 38.5 Å². The number of ether oxygens (including phenoxy) is 1. The van der Waals surface area contributed by atoms with Gasteiger partial charge in [-0.2, -0.15) is 0 Å². The highest BCUT2D eigenvalue weighted by Gasteiger charge is 2.12. The van der Waals surface area contributed by atoms with E-state index >= 15 is 0 Å². The van der Waals surface area contributed by atoms with E-state index in [2.05, 4.69) is 10.3 Å². The maximum atomic E-state index is 13.2. The molecule has 18 heavy (non-hydrogen) atoms. The fourth-order valence-corrected chi connectivity index (χ4v) is 2.30. The lowest BCUT2D eigenvalue weighted by molar-refractivity contribution is 0.0284. The van der Waals surface area contributed by atoms with Crippen LogP contribution in [0.3, 0.4) is 0 Å². The molecule has 0 saturated heterocycles. The molecule has 1 aliphatic rings. The van der Waals surface area contributed by atoms with E-state index < -0.39 is 0 Å². The molecular formula is C14H21FN2O. The Labute approximate surface area is 108 Å². The topological polar surface area (TPSA) is 34.2 Å². The average Bonchev–Trinajstić information content (AvgIpc) is 2.42. The molecule has 0 radical (unpaired) electrons. The highest BCUT2D eigenvalue weighted by molar-refractivity contribution is 5.42. The third-order valence-electron chi connectivity index (χ3n) is 3.31. The van der Waals surface area contributed by atoms with E-state index in [0.29, 0.717) is 11.8 Å². The van der Waals surface area contributed by atoms with Gasteiger partial charge in [0.2, 0.25) is 0 Å². The van der Waals surface area contributed by atoms with Gasteiger partial charge in [-0.25, -0.2) is 4.39 Å². The molecule has 0 aliphatic heterocycles. The summed E-state index contributed by atoms with van der Waals surface area (Å²) in [5.74, 6) is -0.300. The smallest absolute Gasteiger partial charge is 0.164 e. The normalized spacial score (nSPS) is 16.7. The first kappa shape index (κ1) is 13.3. The first-order valence-corrected chi connectivity index (χ1v) is 6.81. The number of anilines is 1. The van der Waals surface area contributed by atoms with Crippen LogP contribution in [-0.2, 0) is 4.74 Å². The Morgan fingerprint density at radius 1 is 1.33 bits per heavy atom. The summed E-state index contributed by atoms with van der Waals surface area (Å²) in [6.45, 7) is 1.48. The van der Waals surface area contributed by atoms with E-state index in [4.69, 9.17) is 4.74 Å². The lowest BCUT2D eigenvalue weighted by Gasteiger charge is -2.22. The summed E-state index contributed by atoms with van der Waals surface area (Å²) in [5.41, 5.74) is 0.516. The molecule has 0 aromatic carbocycles. The second-order valence-electron chi connectivity index (χ2n) is 4.77. The van der Waals surface area contributed by atoms with Crippen molar-refractivity contribution in [2.45, 2.75) is 44.6 Å². The number of pyridine rings is 1. The number of hydrogen-bond acceptors (Lipinski definition) is 3. The Hall–Kier alpha value is -1.16. The minimum Gasteiger partial charge on any atom is -0.383 e. The third-order valence-corrected chi connectivity index (χ3v) is 3.31. The van der Waals surface area contributed by atoms with Crippen LogP contribution in [0.25, 0.3) is 0 Å². The predicted octanol–water partition coefficient (Wildman–Crippen LogP) is 3.37. The summed E-state index contributed by atoms with van der Waals surface area (Å²) >= 11 is 0. The van der Waals surface area contributed by atoms with Crippen molar-refractivity contribution in [3.8, 4) is 0 Å². The molecule has 1 N–H and O–H groups in total. The molecule has 0 unspecified atom stereocenters. The standard InChI is InChI=1S/C14H21FN2O/c15-13-11-16-9-7-14(13)17-8-4-10-18-12-5-2-1-3-6-12/h7,9,11-12H,1-6,8,10H2,(H,16,17). The van der Waals surface area contributed by atoms with Gasteiger partial charge in [-0.05, 0) is 25.3 Å². The van der Waals surface area contributed by atoms with Gasteiger partial charge in [-0.1, -0.05) is 19.3 Å². The van der Waals surface area contributed by atoms with Gasteiger partial charge in [0.05, 0.1) is 18.0 Å². The minimum atomic E-state index is -0.300. The van der Waals surface area contributed by atoms with Crippen molar-refractivity contribution in [3.05, 3.63) is 24.3 Å². The van der Waals surface area contributed by atoms with Crippen LogP contribution in [-0.4, -0.2) is 24.2 Å². The van der Waals surface area contributed by atoms with Gasteiger partial charge in [-0.15, -0.1) is 0 Å². The number of nitrogens with zero attached hydrogens (tertiary/aromatic N) is 1. The molecule has 1 aliphatic carbocycles. The predicted molar refractivity (Wildman–Crippen MR) is 70.1 cm³/mol. The van der Waals surface area contributed by atoms with E-state index in [9.17, 15) is 4.39 Å². The summed E-state index contributed by atoms with van der Waals surface area (Å²) < 4.78 is 19.0. The second-order valence-corrected chi connectivity index (χ2v) is 4.77. The monoisotopic (exact) mass is 252 g/mol. The van der Waals surface area contributed by atoms with Gasteiger partial charge in [-0.3, -0.25) is 4.98 Å². The van der Waals surface area contributed by atoms with Crippen LogP contribution >= 0.6 is 0 Å². The van der Waals surface area contributed by atoms with Crippen molar-refractivity contribution in [3.63, 3.8) is 0 Å². The van der Waals surface area contributed by atoms with Gasteiger partial charge in [0.15, 0.2) is 5.82 Å². The maximum absolute atomic E-state index is 13.2.